The summed E-state index contributed by atoms with van der Waals surface area (Å²) < 4.78 is 0. The molecule has 60 heavy (non-hydrogen) atoms. The average molecular weight is 769 g/mol. The third-order valence-corrected chi connectivity index (χ3v) is 11.8. The molecule has 0 amide bonds. The van der Waals surface area contributed by atoms with Crippen LogP contribution in [0.5, 0.6) is 0 Å². The molecular formula is C60H48. The van der Waals surface area contributed by atoms with E-state index in [1.165, 1.54) is 66.6 Å². The molecule has 0 aliphatic heterocycles. The van der Waals surface area contributed by atoms with E-state index in [4.69, 9.17) is 6.58 Å². The van der Waals surface area contributed by atoms with Crippen molar-refractivity contribution in [2.75, 3.05) is 0 Å². The Kier molecular flexibility index (Phi) is 11.5. The molecule has 0 bridgehead atoms. The maximum atomic E-state index is 4.72. The molecule has 0 spiro atoms. The standard InChI is InChI=1S/C60H48/c1-44(25-26-45-15-6-2-7-16-45)57-24-14-23-49(53-29-27-50(28-30-53)46-17-8-3-9-18-46)39-41-58(55-37-35-52(36-38-55)48-21-12-5-13-22-48)59-42-40-56(43-60(57)59)54-33-31-51(32-34-54)47-19-10-4-11-20-47/h2-12,14-21,23-35,37,39-43H,1,13,22,36,38H2. The normalized spacial score (nSPS) is 13.6. The van der Waals surface area contributed by atoms with Crippen molar-refractivity contribution in [2.24, 2.45) is 0 Å². The smallest absolute Gasteiger partial charge is 0.00933 e. The van der Waals surface area contributed by atoms with Crippen LogP contribution in [0, 0.1) is 0 Å². The van der Waals surface area contributed by atoms with Gasteiger partial charge in [0.15, 0.2) is 0 Å². The van der Waals surface area contributed by atoms with Crippen LogP contribution in [0.2, 0.25) is 0 Å². The van der Waals surface area contributed by atoms with Crippen LogP contribution >= 0.6 is 0 Å². The van der Waals surface area contributed by atoms with Gasteiger partial charge in [0.1, 0.15) is 0 Å². The van der Waals surface area contributed by atoms with Gasteiger partial charge in [0, 0.05) is 0 Å². The van der Waals surface area contributed by atoms with Gasteiger partial charge in [-0.1, -0.05) is 231 Å². The molecule has 2 aliphatic carbocycles. The summed E-state index contributed by atoms with van der Waals surface area (Å²) in [6.45, 7) is 4.72. The summed E-state index contributed by atoms with van der Waals surface area (Å²) in [6.07, 6.45) is 20.1. The van der Waals surface area contributed by atoms with E-state index in [0.717, 1.165) is 53.3 Å². The van der Waals surface area contributed by atoms with Gasteiger partial charge in [0.2, 0.25) is 0 Å². The molecule has 7 aromatic rings. The summed E-state index contributed by atoms with van der Waals surface area (Å²) in [5.41, 5.74) is 18.2. The second-order valence-electron chi connectivity index (χ2n) is 15.6. The molecular weight excluding hydrogens is 721 g/mol. The Bertz CT molecular complexity index is 2860. The Morgan fingerprint density at radius 3 is 1.47 bits per heavy atom. The van der Waals surface area contributed by atoms with Crippen molar-refractivity contribution in [1.29, 1.82) is 0 Å². The maximum absolute atomic E-state index is 4.72. The van der Waals surface area contributed by atoms with E-state index >= 15 is 0 Å². The first-order valence-electron chi connectivity index (χ1n) is 21.1. The number of allylic oxidation sites excluding steroid dienone is 10. The lowest BCUT2D eigenvalue weighted by molar-refractivity contribution is 0.905. The molecule has 0 unspecified atom stereocenters. The minimum atomic E-state index is 0.955. The first kappa shape index (κ1) is 38.2. The second-order valence-corrected chi connectivity index (χ2v) is 15.6. The highest BCUT2D eigenvalue weighted by Crippen LogP contribution is 2.38. The van der Waals surface area contributed by atoms with E-state index in [1.54, 1.807) is 0 Å². The molecule has 0 heterocycles. The van der Waals surface area contributed by atoms with Crippen LogP contribution in [0.4, 0.5) is 0 Å². The van der Waals surface area contributed by atoms with E-state index < -0.39 is 0 Å². The molecule has 7 aromatic carbocycles. The summed E-state index contributed by atoms with van der Waals surface area (Å²) in [5.74, 6) is 0. The van der Waals surface area contributed by atoms with Crippen LogP contribution in [0.1, 0.15) is 42.4 Å². The topological polar surface area (TPSA) is 0 Å². The molecule has 0 radical (unpaired) electrons. The van der Waals surface area contributed by atoms with E-state index in [-0.39, 0.29) is 0 Å². The van der Waals surface area contributed by atoms with E-state index in [0.29, 0.717) is 0 Å². The molecule has 0 N–H and O–H groups in total. The van der Waals surface area contributed by atoms with Gasteiger partial charge in [-0.15, -0.1) is 0 Å². The van der Waals surface area contributed by atoms with E-state index in [1.807, 2.05) is 0 Å². The van der Waals surface area contributed by atoms with Crippen LogP contribution < -0.4 is 0 Å². The quantitative estimate of drug-likeness (QED) is 0.128. The molecule has 288 valence electrons. The molecule has 2 aliphatic rings. The highest BCUT2D eigenvalue weighted by atomic mass is 14.2. The van der Waals surface area contributed by atoms with Crippen LogP contribution in [0.3, 0.4) is 0 Å². The molecule has 0 saturated heterocycles. The fourth-order valence-corrected chi connectivity index (χ4v) is 8.41. The largest absolute Gasteiger partial charge is 0.0911 e. The molecule has 0 heteroatoms. The number of rotatable bonds is 9. The third-order valence-electron chi connectivity index (χ3n) is 11.8. The lowest BCUT2D eigenvalue weighted by atomic mass is 9.85. The minimum absolute atomic E-state index is 0.955. The van der Waals surface area contributed by atoms with Crippen molar-refractivity contribution in [3.05, 3.63) is 259 Å². The Balaban J connectivity index is 1.24. The Morgan fingerprint density at radius 1 is 0.400 bits per heavy atom. The van der Waals surface area contributed by atoms with Crippen molar-refractivity contribution in [2.45, 2.75) is 25.7 Å². The number of hydrogen-bond acceptors (Lipinski definition) is 0. The van der Waals surface area contributed by atoms with Crippen molar-refractivity contribution in [3.63, 3.8) is 0 Å². The summed E-state index contributed by atoms with van der Waals surface area (Å²) in [5, 5.41) is 2.37. The minimum Gasteiger partial charge on any atom is -0.0911 e. The van der Waals surface area contributed by atoms with Crippen molar-refractivity contribution >= 4 is 28.0 Å². The van der Waals surface area contributed by atoms with E-state index in [2.05, 4.69) is 231 Å². The Morgan fingerprint density at radius 2 is 0.883 bits per heavy atom. The number of fused-ring (bicyclic) bond motifs is 1. The Hall–Kier alpha value is -7.28. The third kappa shape index (κ3) is 8.75. The lowest BCUT2D eigenvalue weighted by Gasteiger charge is -2.20. The van der Waals surface area contributed by atoms with E-state index in [9.17, 15) is 0 Å². The van der Waals surface area contributed by atoms with Crippen molar-refractivity contribution in [3.8, 4) is 44.5 Å². The zero-order valence-electron chi connectivity index (χ0n) is 34.0. The van der Waals surface area contributed by atoms with Gasteiger partial charge in [0.25, 0.3) is 0 Å². The van der Waals surface area contributed by atoms with Gasteiger partial charge < -0.3 is 0 Å². The lowest BCUT2D eigenvalue weighted by Crippen LogP contribution is -1.99. The zero-order valence-corrected chi connectivity index (χ0v) is 34.0. The number of benzene rings is 6. The van der Waals surface area contributed by atoms with Gasteiger partial charge in [-0.3, -0.25) is 0 Å². The summed E-state index contributed by atoms with van der Waals surface area (Å²) >= 11 is 0. The van der Waals surface area contributed by atoms with Gasteiger partial charge in [-0.05, 0) is 126 Å². The molecule has 0 saturated carbocycles. The van der Waals surface area contributed by atoms with Crippen LogP contribution in [-0.2, 0) is 0 Å². The SMILES string of the molecule is C=C(C=Cc1ccccc1)c1cccc(-c2ccc(-c3ccccc3)cc2)ccc(C2=CC=C(C3=CC=CCC3)CC2)c2ccc(-c3ccc(-c4ccccc4)cc3)cc12. The van der Waals surface area contributed by atoms with Gasteiger partial charge in [0.05, 0.1) is 0 Å². The Labute approximate surface area is 355 Å². The predicted octanol–water partition coefficient (Wildman–Crippen LogP) is 16.7. The number of hydrogen-bond donors (Lipinski definition) is 0. The van der Waals surface area contributed by atoms with Gasteiger partial charge in [-0.25, -0.2) is 0 Å². The molecule has 0 atom stereocenters. The molecule has 0 aromatic heterocycles. The van der Waals surface area contributed by atoms with Crippen molar-refractivity contribution in [1.82, 2.24) is 0 Å². The first-order valence-corrected chi connectivity index (χ1v) is 21.1. The van der Waals surface area contributed by atoms with Crippen molar-refractivity contribution < 1.29 is 0 Å². The fraction of sp³-hybridized carbons (Fsp3) is 0.0667. The zero-order chi connectivity index (χ0) is 40.5. The average Bonchev–Trinajstić information content (AvgIpc) is 3.33. The van der Waals surface area contributed by atoms with Crippen LogP contribution in [0.15, 0.2) is 242 Å². The highest BCUT2D eigenvalue weighted by Gasteiger charge is 2.16. The highest BCUT2D eigenvalue weighted by molar-refractivity contribution is 6.02. The summed E-state index contributed by atoms with van der Waals surface area (Å²) in [4.78, 5) is 0. The van der Waals surface area contributed by atoms with Crippen LogP contribution in [0.25, 0.3) is 72.5 Å². The van der Waals surface area contributed by atoms with Gasteiger partial charge in [-0.2, -0.15) is 0 Å². The van der Waals surface area contributed by atoms with Crippen LogP contribution in [-0.4, -0.2) is 0 Å². The molecule has 9 rings (SSSR count). The second kappa shape index (κ2) is 18.1. The first-order chi connectivity index (χ1) is 29.7. The molecule has 0 nitrogen and oxygen atoms in total. The summed E-state index contributed by atoms with van der Waals surface area (Å²) in [7, 11) is 0. The van der Waals surface area contributed by atoms with Gasteiger partial charge >= 0.3 is 0 Å². The molecule has 0 fully saturated rings. The monoisotopic (exact) mass is 768 g/mol. The summed E-state index contributed by atoms with van der Waals surface area (Å²) in [6, 6.07) is 67.9. The fourth-order valence-electron chi connectivity index (χ4n) is 8.41. The predicted molar refractivity (Wildman–Crippen MR) is 260 cm³/mol. The maximum Gasteiger partial charge on any atom is -0.00933 e.